The fourth-order valence-corrected chi connectivity index (χ4v) is 2.97. The lowest BCUT2D eigenvalue weighted by Gasteiger charge is -2.40. The van der Waals surface area contributed by atoms with Gasteiger partial charge in [-0.15, -0.1) is 0 Å². The second-order valence-electron chi connectivity index (χ2n) is 6.85. The number of hydrogen-bond donors (Lipinski definition) is 2. The fraction of sp³-hybridized carbons (Fsp3) is 0.647. The molecule has 0 aromatic heterocycles. The zero-order chi connectivity index (χ0) is 15.5. The Morgan fingerprint density at radius 3 is 2.57 bits per heavy atom. The van der Waals surface area contributed by atoms with Gasteiger partial charge in [-0.3, -0.25) is 0 Å². The molecule has 0 unspecified atom stereocenters. The number of hydrogen-bond acceptors (Lipinski definition) is 3. The van der Waals surface area contributed by atoms with Gasteiger partial charge in [-0.2, -0.15) is 0 Å². The lowest BCUT2D eigenvalue weighted by atomic mass is 9.90. The van der Waals surface area contributed by atoms with Crippen LogP contribution in [0.5, 0.6) is 0 Å². The molecule has 0 bridgehead atoms. The zero-order valence-electron chi connectivity index (χ0n) is 13.3. The summed E-state index contributed by atoms with van der Waals surface area (Å²) in [6.45, 7) is 8.08. The van der Waals surface area contributed by atoms with Gasteiger partial charge in [-0.1, -0.05) is 23.7 Å². The minimum Gasteiger partial charge on any atom is -0.395 e. The molecule has 21 heavy (non-hydrogen) atoms. The monoisotopic (exact) mass is 310 g/mol. The van der Waals surface area contributed by atoms with Gasteiger partial charge in [0.2, 0.25) is 0 Å². The maximum Gasteiger partial charge on any atom is 0.0643 e. The second-order valence-corrected chi connectivity index (χ2v) is 7.26. The zero-order valence-corrected chi connectivity index (χ0v) is 14.1. The highest BCUT2D eigenvalue weighted by Crippen LogP contribution is 2.36. The molecule has 2 N–H and O–H groups in total. The average molecular weight is 311 g/mol. The molecular formula is C17H27ClN2O. The van der Waals surface area contributed by atoms with Crippen molar-refractivity contribution in [2.75, 3.05) is 18.1 Å². The van der Waals surface area contributed by atoms with Crippen molar-refractivity contribution < 1.29 is 5.11 Å². The van der Waals surface area contributed by atoms with Gasteiger partial charge in [-0.05, 0) is 51.7 Å². The molecule has 0 radical (unpaired) electrons. The SMILES string of the molecule is CC(C)(C)NCc1cccc(Cl)c1N(CCO)C1CCC1. The summed E-state index contributed by atoms with van der Waals surface area (Å²) in [5.74, 6) is 0. The molecule has 0 aliphatic heterocycles. The van der Waals surface area contributed by atoms with Gasteiger partial charge >= 0.3 is 0 Å². The van der Waals surface area contributed by atoms with Crippen molar-refractivity contribution in [3.05, 3.63) is 28.8 Å². The van der Waals surface area contributed by atoms with Crippen LogP contribution in [-0.4, -0.2) is 29.8 Å². The van der Waals surface area contributed by atoms with Crippen LogP contribution in [0.15, 0.2) is 18.2 Å². The van der Waals surface area contributed by atoms with E-state index in [4.69, 9.17) is 11.6 Å². The molecule has 2 rings (SSSR count). The Hall–Kier alpha value is -0.770. The Kier molecular flexibility index (Phi) is 5.53. The number of aliphatic hydroxyl groups excluding tert-OH is 1. The Morgan fingerprint density at radius 2 is 2.05 bits per heavy atom. The van der Waals surface area contributed by atoms with E-state index >= 15 is 0 Å². The predicted molar refractivity (Wildman–Crippen MR) is 90.1 cm³/mol. The molecule has 1 saturated carbocycles. The van der Waals surface area contributed by atoms with Crippen molar-refractivity contribution >= 4 is 17.3 Å². The number of benzene rings is 1. The van der Waals surface area contributed by atoms with Gasteiger partial charge in [0.25, 0.3) is 0 Å². The smallest absolute Gasteiger partial charge is 0.0643 e. The van der Waals surface area contributed by atoms with Crippen LogP contribution in [0.1, 0.15) is 45.6 Å². The van der Waals surface area contributed by atoms with Crippen molar-refractivity contribution in [2.45, 2.75) is 58.2 Å². The fourth-order valence-electron chi connectivity index (χ4n) is 2.67. The summed E-state index contributed by atoms with van der Waals surface area (Å²) in [6, 6.07) is 6.60. The van der Waals surface area contributed by atoms with Crippen LogP contribution in [0.2, 0.25) is 5.02 Å². The first-order valence-electron chi connectivity index (χ1n) is 7.82. The largest absolute Gasteiger partial charge is 0.395 e. The molecule has 0 saturated heterocycles. The Labute approximate surface area is 133 Å². The molecule has 3 nitrogen and oxygen atoms in total. The van der Waals surface area contributed by atoms with Gasteiger partial charge in [-0.25, -0.2) is 0 Å². The average Bonchev–Trinajstić information content (AvgIpc) is 2.33. The van der Waals surface area contributed by atoms with Gasteiger partial charge in [0.05, 0.1) is 17.3 Å². The molecule has 0 spiro atoms. The Balaban J connectivity index is 2.26. The van der Waals surface area contributed by atoms with E-state index in [0.29, 0.717) is 12.6 Å². The van der Waals surface area contributed by atoms with E-state index in [1.807, 2.05) is 12.1 Å². The van der Waals surface area contributed by atoms with Crippen molar-refractivity contribution in [2.24, 2.45) is 0 Å². The standard InChI is InChI=1S/C17H27ClN2O/c1-17(2,3)19-12-13-6-4-9-15(18)16(13)20(10-11-21)14-7-5-8-14/h4,6,9,14,19,21H,5,7-8,10-12H2,1-3H3. The number of aliphatic hydroxyl groups is 1. The maximum absolute atomic E-state index is 9.41. The minimum atomic E-state index is 0.0673. The molecule has 118 valence electrons. The van der Waals surface area contributed by atoms with E-state index in [9.17, 15) is 5.11 Å². The molecule has 1 aliphatic rings. The molecule has 1 aromatic carbocycles. The molecule has 0 heterocycles. The highest BCUT2D eigenvalue weighted by molar-refractivity contribution is 6.33. The van der Waals surface area contributed by atoms with Gasteiger partial charge in [0.1, 0.15) is 0 Å². The van der Waals surface area contributed by atoms with Gasteiger partial charge in [0, 0.05) is 24.7 Å². The number of rotatable bonds is 6. The molecular weight excluding hydrogens is 284 g/mol. The lowest BCUT2D eigenvalue weighted by molar-refractivity contribution is 0.283. The number of halogens is 1. The number of para-hydroxylation sites is 1. The molecule has 1 aliphatic carbocycles. The van der Waals surface area contributed by atoms with E-state index in [2.05, 4.69) is 37.1 Å². The van der Waals surface area contributed by atoms with Crippen LogP contribution in [-0.2, 0) is 6.54 Å². The molecule has 1 fully saturated rings. The maximum atomic E-state index is 9.41. The van der Waals surface area contributed by atoms with Gasteiger partial charge in [0.15, 0.2) is 0 Å². The molecule has 0 atom stereocenters. The van der Waals surface area contributed by atoms with Crippen LogP contribution >= 0.6 is 11.6 Å². The van der Waals surface area contributed by atoms with Crippen LogP contribution in [0, 0.1) is 0 Å². The van der Waals surface area contributed by atoms with Crippen LogP contribution in [0.3, 0.4) is 0 Å². The summed E-state index contributed by atoms with van der Waals surface area (Å²) >= 11 is 6.48. The summed E-state index contributed by atoms with van der Waals surface area (Å²) in [5.41, 5.74) is 2.37. The van der Waals surface area contributed by atoms with Crippen molar-refractivity contribution in [3.63, 3.8) is 0 Å². The number of nitrogens with one attached hydrogen (secondary N) is 1. The third kappa shape index (κ3) is 4.35. The predicted octanol–water partition coefficient (Wildman–Crippen LogP) is 3.58. The normalized spacial score (nSPS) is 15.9. The lowest BCUT2D eigenvalue weighted by Crippen LogP contribution is -2.43. The Bertz CT molecular complexity index is 466. The third-order valence-electron chi connectivity index (χ3n) is 4.02. The summed E-state index contributed by atoms with van der Waals surface area (Å²) in [7, 11) is 0. The van der Waals surface area contributed by atoms with Crippen molar-refractivity contribution in [1.29, 1.82) is 0 Å². The van der Waals surface area contributed by atoms with E-state index in [-0.39, 0.29) is 12.1 Å². The summed E-state index contributed by atoms with van der Waals surface area (Å²) in [6.07, 6.45) is 3.65. The topological polar surface area (TPSA) is 35.5 Å². The van der Waals surface area contributed by atoms with Crippen LogP contribution in [0.25, 0.3) is 0 Å². The number of nitrogens with zero attached hydrogens (tertiary/aromatic N) is 1. The van der Waals surface area contributed by atoms with Crippen molar-refractivity contribution in [3.8, 4) is 0 Å². The summed E-state index contributed by atoms with van der Waals surface area (Å²) < 4.78 is 0. The van der Waals surface area contributed by atoms with Gasteiger partial charge < -0.3 is 15.3 Å². The molecule has 1 aromatic rings. The summed E-state index contributed by atoms with van der Waals surface area (Å²) in [5, 5.41) is 13.7. The van der Waals surface area contributed by atoms with E-state index in [0.717, 1.165) is 17.3 Å². The van der Waals surface area contributed by atoms with Crippen LogP contribution in [0.4, 0.5) is 5.69 Å². The third-order valence-corrected chi connectivity index (χ3v) is 4.33. The first kappa shape index (κ1) is 16.6. The highest BCUT2D eigenvalue weighted by Gasteiger charge is 2.27. The summed E-state index contributed by atoms with van der Waals surface area (Å²) in [4.78, 5) is 2.30. The first-order valence-corrected chi connectivity index (χ1v) is 8.20. The molecule has 4 heteroatoms. The van der Waals surface area contributed by atoms with E-state index in [1.165, 1.54) is 24.8 Å². The first-order chi connectivity index (χ1) is 9.92. The van der Waals surface area contributed by atoms with Crippen LogP contribution < -0.4 is 10.2 Å². The second kappa shape index (κ2) is 6.99. The molecule has 0 amide bonds. The van der Waals surface area contributed by atoms with Crippen molar-refractivity contribution in [1.82, 2.24) is 5.32 Å². The highest BCUT2D eigenvalue weighted by atomic mass is 35.5. The minimum absolute atomic E-state index is 0.0673. The quantitative estimate of drug-likeness (QED) is 0.843. The Morgan fingerprint density at radius 1 is 1.33 bits per heavy atom. The van der Waals surface area contributed by atoms with E-state index < -0.39 is 0 Å². The number of anilines is 1. The van der Waals surface area contributed by atoms with E-state index in [1.54, 1.807) is 0 Å².